The molecule has 1 N–H and O–H groups in total. The Morgan fingerprint density at radius 3 is 1.57 bits per heavy atom. The van der Waals surface area contributed by atoms with E-state index < -0.39 is 23.3 Å². The summed E-state index contributed by atoms with van der Waals surface area (Å²) in [6.45, 7) is 12.5. The summed E-state index contributed by atoms with van der Waals surface area (Å²) in [5.41, 5.74) is 4.94. The Hall–Kier alpha value is -6.89. The highest BCUT2D eigenvalue weighted by atomic mass is 19.1. The first-order valence-corrected chi connectivity index (χ1v) is 20.8. The van der Waals surface area contributed by atoms with E-state index in [1.165, 1.54) is 24.3 Å². The highest BCUT2D eigenvalue weighted by Gasteiger charge is 2.29. The molecule has 0 saturated carbocycles. The summed E-state index contributed by atoms with van der Waals surface area (Å²) in [5.74, 6) is -0.921. The molecule has 2 aliphatic rings. The molecule has 19 heteroatoms. The van der Waals surface area contributed by atoms with Crippen molar-refractivity contribution < 1.29 is 22.4 Å². The van der Waals surface area contributed by atoms with Crippen molar-refractivity contribution in [2.24, 2.45) is 0 Å². The van der Waals surface area contributed by atoms with Gasteiger partial charge in [0.25, 0.3) is 0 Å². The van der Waals surface area contributed by atoms with Gasteiger partial charge < -0.3 is 10.2 Å². The van der Waals surface area contributed by atoms with Crippen molar-refractivity contribution >= 4 is 17.2 Å². The highest BCUT2D eigenvalue weighted by molar-refractivity contribution is 5.80. The van der Waals surface area contributed by atoms with Crippen LogP contribution in [-0.2, 0) is 4.79 Å². The van der Waals surface area contributed by atoms with Crippen molar-refractivity contribution in [1.82, 2.24) is 69.4 Å². The van der Waals surface area contributed by atoms with Crippen LogP contribution >= 0.6 is 0 Å². The topological polar surface area (TPSA) is 154 Å². The van der Waals surface area contributed by atoms with E-state index in [1.54, 1.807) is 37.7 Å². The first kappa shape index (κ1) is 41.5. The Labute approximate surface area is 358 Å². The summed E-state index contributed by atoms with van der Waals surface area (Å²) in [4.78, 5) is 13.6. The summed E-state index contributed by atoms with van der Waals surface area (Å²) in [6.07, 6.45) is 5.38. The van der Waals surface area contributed by atoms with Crippen LogP contribution in [0, 0.1) is 23.3 Å². The van der Waals surface area contributed by atoms with Crippen LogP contribution in [0.5, 0.6) is 0 Å². The van der Waals surface area contributed by atoms with Crippen LogP contribution in [0.15, 0.2) is 73.1 Å². The first-order chi connectivity index (χ1) is 30.3. The number of likely N-dealkylation sites (tertiary alicyclic amines) is 1. The van der Waals surface area contributed by atoms with E-state index in [0.717, 1.165) is 43.9 Å². The van der Waals surface area contributed by atoms with Crippen LogP contribution in [0.4, 0.5) is 17.6 Å². The molecule has 2 aliphatic heterocycles. The third-order valence-electron chi connectivity index (χ3n) is 11.4. The Balaban J connectivity index is 0.000000161. The zero-order valence-corrected chi connectivity index (χ0v) is 35.2. The first-order valence-electron chi connectivity index (χ1n) is 20.8. The molecule has 0 spiro atoms. The van der Waals surface area contributed by atoms with E-state index in [2.05, 4.69) is 35.9 Å². The van der Waals surface area contributed by atoms with Gasteiger partial charge in [-0.2, -0.15) is 29.4 Å². The average Bonchev–Trinajstić information content (AvgIpc) is 4.11. The minimum Gasteiger partial charge on any atom is -0.341 e. The van der Waals surface area contributed by atoms with E-state index in [9.17, 15) is 22.4 Å². The lowest BCUT2D eigenvalue weighted by atomic mass is 10.1. The molecule has 10 rings (SSSR count). The minimum atomic E-state index is -0.702. The number of rotatable bonds is 8. The monoisotopic (exact) mass is 860 g/mol. The molecular weight excluding hydrogens is 817 g/mol. The van der Waals surface area contributed by atoms with Crippen molar-refractivity contribution in [2.75, 3.05) is 26.2 Å². The van der Waals surface area contributed by atoms with Gasteiger partial charge in [-0.3, -0.25) is 14.2 Å². The smallest absolute Gasteiger partial charge is 0.219 e. The van der Waals surface area contributed by atoms with Gasteiger partial charge in [-0.05, 0) is 67.9 Å². The van der Waals surface area contributed by atoms with Gasteiger partial charge in [0, 0.05) is 85.2 Å². The number of amides is 1. The molecule has 2 atom stereocenters. The lowest BCUT2D eigenvalue weighted by molar-refractivity contribution is -0.127. The summed E-state index contributed by atoms with van der Waals surface area (Å²) in [6, 6.07) is 14.4. The summed E-state index contributed by atoms with van der Waals surface area (Å²) < 4.78 is 63.5. The second-order valence-electron chi connectivity index (χ2n) is 16.4. The number of fused-ring (bicyclic) bond motifs is 2. The number of aromatic nitrogens is 12. The highest BCUT2D eigenvalue weighted by Crippen LogP contribution is 2.36. The predicted molar refractivity (Wildman–Crippen MR) is 225 cm³/mol. The fourth-order valence-electron chi connectivity index (χ4n) is 8.02. The van der Waals surface area contributed by atoms with Crippen molar-refractivity contribution in [3.05, 3.63) is 108 Å². The third-order valence-corrected chi connectivity index (χ3v) is 11.4. The molecule has 8 aromatic rings. The van der Waals surface area contributed by atoms with Crippen LogP contribution in [0.3, 0.4) is 0 Å². The third kappa shape index (κ3) is 8.03. The van der Waals surface area contributed by atoms with Gasteiger partial charge in [0.15, 0.2) is 22.9 Å². The minimum absolute atomic E-state index is 0.00984. The zero-order chi connectivity index (χ0) is 44.1. The molecule has 2 saturated heterocycles. The number of nitrogens with one attached hydrogen (secondary N) is 1. The number of hydrogen-bond acceptors (Lipinski definition) is 10. The molecule has 2 fully saturated rings. The zero-order valence-electron chi connectivity index (χ0n) is 35.2. The number of carbonyl (C=O) groups excluding carboxylic acids is 1. The van der Waals surface area contributed by atoms with E-state index in [1.807, 2.05) is 56.9 Å². The van der Waals surface area contributed by atoms with Crippen molar-refractivity contribution in [3.63, 3.8) is 0 Å². The molecule has 63 heavy (non-hydrogen) atoms. The van der Waals surface area contributed by atoms with Crippen LogP contribution in [0.2, 0.25) is 0 Å². The van der Waals surface area contributed by atoms with Crippen LogP contribution < -0.4 is 5.32 Å². The van der Waals surface area contributed by atoms with Gasteiger partial charge >= 0.3 is 0 Å². The molecule has 2 unspecified atom stereocenters. The molecule has 15 nitrogen and oxygen atoms in total. The van der Waals surface area contributed by atoms with Gasteiger partial charge in [0.1, 0.15) is 34.7 Å². The molecule has 324 valence electrons. The summed E-state index contributed by atoms with van der Waals surface area (Å²) in [7, 11) is 0. The predicted octanol–water partition coefficient (Wildman–Crippen LogP) is 7.44. The molecular formula is C44H44F4N14O. The Kier molecular flexibility index (Phi) is 11.0. The van der Waals surface area contributed by atoms with Crippen LogP contribution in [-0.4, -0.2) is 96.2 Å². The maximum atomic E-state index is 14.8. The normalized spacial score (nSPS) is 16.5. The van der Waals surface area contributed by atoms with E-state index in [0.29, 0.717) is 64.1 Å². The fourth-order valence-corrected chi connectivity index (χ4v) is 8.02. The van der Waals surface area contributed by atoms with Crippen LogP contribution in [0.25, 0.3) is 56.3 Å². The Morgan fingerprint density at radius 2 is 1.14 bits per heavy atom. The molecule has 6 aromatic heterocycles. The van der Waals surface area contributed by atoms with Gasteiger partial charge in [-0.1, -0.05) is 27.7 Å². The summed E-state index contributed by atoms with van der Waals surface area (Å²) >= 11 is 0. The second kappa shape index (κ2) is 16.8. The number of halogens is 4. The lowest BCUT2D eigenvalue weighted by Gasteiger charge is -2.14. The van der Waals surface area contributed by atoms with Crippen LogP contribution in [0.1, 0.15) is 83.0 Å². The van der Waals surface area contributed by atoms with Gasteiger partial charge in [-0.15, -0.1) is 20.4 Å². The van der Waals surface area contributed by atoms with Gasteiger partial charge in [0.2, 0.25) is 5.91 Å². The second-order valence-corrected chi connectivity index (χ2v) is 16.4. The molecule has 0 radical (unpaired) electrons. The molecule has 0 bridgehead atoms. The quantitative estimate of drug-likeness (QED) is 0.153. The molecule has 2 aromatic carbocycles. The Morgan fingerprint density at radius 1 is 0.635 bits per heavy atom. The Bertz CT molecular complexity index is 2980. The fraction of sp³-hybridized carbons (Fsp3) is 0.341. The molecule has 0 aliphatic carbocycles. The molecule has 8 heterocycles. The van der Waals surface area contributed by atoms with E-state index in [-0.39, 0.29) is 41.0 Å². The van der Waals surface area contributed by atoms with E-state index in [4.69, 9.17) is 10.2 Å². The SMILES string of the molecule is CC(=O)N1CCC(n2cc(-c3ccc4nnc(C(C)C)n4n3)c(-c3ccc(F)cc3F)n2)C1.CC(C)c1nnc2ccc(-c3cn(C4CCNC4)nc3-c3ccc(F)cc3F)nn12. The number of benzene rings is 2. The lowest BCUT2D eigenvalue weighted by Crippen LogP contribution is -2.26. The standard InChI is InChI=1S/C23H23F2N7O.C21H21F2N7/c1-13(2)23-27-26-21-7-6-20(28-32(21)23)18-12-31(16-8-9-30(11-16)14(3)33)29-22(18)17-5-4-15(24)10-19(17)25;1-12(2)21-26-25-19-6-5-18(27-30(19)21)16-11-29(14-7-8-24-10-14)28-20(16)15-4-3-13(22)9-17(15)23/h4-7,10,12-13,16H,8-9,11H2,1-3H3;3-6,9,11-12,14,24H,7-8,10H2,1-2H3. The summed E-state index contributed by atoms with van der Waals surface area (Å²) in [5, 5.41) is 38.9. The van der Waals surface area contributed by atoms with Crippen molar-refractivity contribution in [2.45, 2.75) is 71.4 Å². The average molecular weight is 861 g/mol. The van der Waals surface area contributed by atoms with Gasteiger partial charge in [-0.25, -0.2) is 17.6 Å². The number of carbonyl (C=O) groups is 1. The number of hydrogen-bond donors (Lipinski definition) is 1. The molecule has 1 amide bonds. The van der Waals surface area contributed by atoms with Crippen molar-refractivity contribution in [3.8, 4) is 45.0 Å². The van der Waals surface area contributed by atoms with Crippen molar-refractivity contribution in [1.29, 1.82) is 0 Å². The van der Waals surface area contributed by atoms with E-state index >= 15 is 0 Å². The maximum Gasteiger partial charge on any atom is 0.219 e. The van der Waals surface area contributed by atoms with Gasteiger partial charge in [0.05, 0.1) is 23.5 Å². The largest absolute Gasteiger partial charge is 0.341 e. The number of nitrogens with zero attached hydrogens (tertiary/aromatic N) is 13. The maximum absolute atomic E-state index is 14.8.